The monoisotopic (exact) mass is 358 g/mol. The molecule has 1 aliphatic heterocycles. The summed E-state index contributed by atoms with van der Waals surface area (Å²) in [6.07, 6.45) is 8.24. The van der Waals surface area contributed by atoms with Crippen LogP contribution in [0.3, 0.4) is 0 Å². The number of nitrogens with one attached hydrogen (secondary N) is 3. The smallest absolute Gasteiger partial charge is 0.429 e. The first-order chi connectivity index (χ1) is 12.0. The van der Waals surface area contributed by atoms with E-state index in [2.05, 4.69) is 25.8 Å². The van der Waals surface area contributed by atoms with Gasteiger partial charge in [0.2, 0.25) is 0 Å². The average Bonchev–Trinajstić information content (AvgIpc) is 3.00. The number of allylic oxidation sites excluding steroid dienone is 1. The molecule has 2 aliphatic rings. The number of aromatic amines is 1. The molecule has 1 fully saturated rings. The van der Waals surface area contributed by atoms with Crippen LogP contribution in [-0.4, -0.2) is 43.9 Å². The third kappa shape index (κ3) is 2.98. The third-order valence-corrected chi connectivity index (χ3v) is 6.92. The zero-order valence-corrected chi connectivity index (χ0v) is 15.1. The summed E-state index contributed by atoms with van der Waals surface area (Å²) in [6.45, 7) is 2.02. The van der Waals surface area contributed by atoms with Gasteiger partial charge in [0, 0.05) is 44.7 Å². The van der Waals surface area contributed by atoms with Crippen molar-refractivity contribution in [1.29, 1.82) is 0 Å². The molecule has 0 bridgehead atoms. The molecule has 4 N–H and O–H groups in total. The Labute approximate surface area is 148 Å². The number of fused-ring (bicyclic) bond motifs is 3. The summed E-state index contributed by atoms with van der Waals surface area (Å²) >= 11 is 0. The number of hydrogen-bond donors (Lipinski definition) is 4. The van der Waals surface area contributed by atoms with Crippen molar-refractivity contribution in [2.45, 2.75) is 32.2 Å². The van der Waals surface area contributed by atoms with Gasteiger partial charge < -0.3 is 15.2 Å². The lowest BCUT2D eigenvalue weighted by Gasteiger charge is -2.40. The van der Waals surface area contributed by atoms with Crippen LogP contribution in [0.4, 0.5) is 0 Å². The number of rotatable bonds is 5. The summed E-state index contributed by atoms with van der Waals surface area (Å²) in [5.74, 6) is 4.83. The predicted molar refractivity (Wildman–Crippen MR) is 105 cm³/mol. The Hall–Kier alpha value is -1.77. The standard InChI is InChI=1S/C17H23BN4O2S/c1-3-6-25(2,24)22-12-7-11(8-12)14-9-21-18(23)15-10-20-17-13(16(14)15)4-5-19-17/h4-5,9-12,21,23H,2-3,6-8H2,1H3,(H,19,20)(H,22,24). The van der Waals surface area contributed by atoms with Gasteiger partial charge in [0.1, 0.15) is 5.65 Å². The Bertz CT molecular complexity index is 931. The molecule has 4 rings (SSSR count). The van der Waals surface area contributed by atoms with Gasteiger partial charge in [-0.3, -0.25) is 4.21 Å². The lowest BCUT2D eigenvalue weighted by molar-refractivity contribution is 0.313. The minimum absolute atomic E-state index is 0.237. The highest BCUT2D eigenvalue weighted by Crippen LogP contribution is 2.41. The molecule has 1 atom stereocenters. The van der Waals surface area contributed by atoms with Gasteiger partial charge in [-0.05, 0) is 54.5 Å². The van der Waals surface area contributed by atoms with E-state index < -0.39 is 16.8 Å². The molecule has 0 spiro atoms. The fraction of sp³-hybridized carbons (Fsp3) is 0.412. The van der Waals surface area contributed by atoms with Crippen molar-refractivity contribution in [2.24, 2.45) is 5.92 Å². The predicted octanol–water partition coefficient (Wildman–Crippen LogP) is 0.604. The summed E-state index contributed by atoms with van der Waals surface area (Å²) < 4.78 is 15.6. The molecule has 2 aromatic rings. The summed E-state index contributed by atoms with van der Waals surface area (Å²) in [6, 6.07) is 2.24. The van der Waals surface area contributed by atoms with Gasteiger partial charge in [-0.15, -0.1) is 0 Å². The van der Waals surface area contributed by atoms with Crippen molar-refractivity contribution in [2.75, 3.05) is 5.75 Å². The summed E-state index contributed by atoms with van der Waals surface area (Å²) in [5, 5.41) is 14.3. The van der Waals surface area contributed by atoms with E-state index in [1.54, 1.807) is 6.20 Å². The lowest BCUT2D eigenvalue weighted by atomic mass is 9.64. The van der Waals surface area contributed by atoms with Crippen molar-refractivity contribution >= 4 is 44.7 Å². The SMILES string of the molecule is C=S(=O)(CCC)NC1CC(C2=CNB(O)c3cnc4[nH]ccc4c32)C1. The molecule has 0 radical (unpaired) electrons. The van der Waals surface area contributed by atoms with Crippen LogP contribution in [0.1, 0.15) is 31.7 Å². The normalized spacial score (nSPS) is 24.9. The molecule has 1 aliphatic carbocycles. The Kier molecular flexibility index (Phi) is 4.13. The highest BCUT2D eigenvalue weighted by atomic mass is 32.2. The average molecular weight is 358 g/mol. The number of pyridine rings is 1. The van der Waals surface area contributed by atoms with E-state index >= 15 is 0 Å². The van der Waals surface area contributed by atoms with Crippen LogP contribution in [0, 0.1) is 5.92 Å². The van der Waals surface area contributed by atoms with E-state index in [0.29, 0.717) is 11.7 Å². The first kappa shape index (κ1) is 16.7. The van der Waals surface area contributed by atoms with Crippen LogP contribution in [0.5, 0.6) is 0 Å². The molecular weight excluding hydrogens is 335 g/mol. The largest absolute Gasteiger partial charge is 0.448 e. The van der Waals surface area contributed by atoms with Gasteiger partial charge in [-0.1, -0.05) is 6.92 Å². The Morgan fingerprint density at radius 3 is 3.08 bits per heavy atom. The molecule has 3 heterocycles. The third-order valence-electron chi connectivity index (χ3n) is 5.09. The molecular formula is C17H23BN4O2S. The molecule has 0 saturated heterocycles. The van der Waals surface area contributed by atoms with E-state index in [1.807, 2.05) is 25.4 Å². The van der Waals surface area contributed by atoms with Crippen LogP contribution in [0.15, 0.2) is 24.7 Å². The molecule has 1 unspecified atom stereocenters. The maximum Gasteiger partial charge on any atom is 0.448 e. The van der Waals surface area contributed by atoms with Crippen LogP contribution < -0.4 is 15.4 Å². The van der Waals surface area contributed by atoms with Gasteiger partial charge in [0.25, 0.3) is 0 Å². The van der Waals surface area contributed by atoms with Gasteiger partial charge in [-0.25, -0.2) is 9.71 Å². The summed E-state index contributed by atoms with van der Waals surface area (Å²) in [5.41, 5.74) is 3.91. The van der Waals surface area contributed by atoms with Crippen molar-refractivity contribution < 1.29 is 9.23 Å². The minimum Gasteiger partial charge on any atom is -0.429 e. The highest BCUT2D eigenvalue weighted by Gasteiger charge is 2.37. The maximum absolute atomic E-state index is 12.4. The maximum atomic E-state index is 12.4. The van der Waals surface area contributed by atoms with Crippen molar-refractivity contribution in [1.82, 2.24) is 19.9 Å². The quantitative estimate of drug-likeness (QED) is 0.466. The molecule has 6 nitrogen and oxygen atoms in total. The number of nitrogens with zero attached hydrogens (tertiary/aromatic N) is 1. The van der Waals surface area contributed by atoms with E-state index in [0.717, 1.165) is 41.3 Å². The van der Waals surface area contributed by atoms with Crippen LogP contribution >= 0.6 is 0 Å². The number of aromatic nitrogens is 2. The highest BCUT2D eigenvalue weighted by molar-refractivity contribution is 7.98. The second-order valence-electron chi connectivity index (χ2n) is 7.00. The molecule has 1 saturated carbocycles. The number of hydrogen-bond acceptors (Lipinski definition) is 4. The van der Waals surface area contributed by atoms with E-state index in [4.69, 9.17) is 0 Å². The second-order valence-corrected chi connectivity index (χ2v) is 9.26. The Balaban J connectivity index is 1.57. The first-order valence-electron chi connectivity index (χ1n) is 8.71. The fourth-order valence-electron chi connectivity index (χ4n) is 3.87. The lowest BCUT2D eigenvalue weighted by Crippen LogP contribution is -2.50. The van der Waals surface area contributed by atoms with Crippen LogP contribution in [0.25, 0.3) is 16.6 Å². The molecule has 8 heteroatoms. The van der Waals surface area contributed by atoms with E-state index in [9.17, 15) is 9.23 Å². The van der Waals surface area contributed by atoms with Gasteiger partial charge >= 0.3 is 7.05 Å². The van der Waals surface area contributed by atoms with Crippen LogP contribution in [-0.2, 0) is 9.71 Å². The van der Waals surface area contributed by atoms with Crippen molar-refractivity contribution in [3.8, 4) is 0 Å². The van der Waals surface area contributed by atoms with Gasteiger partial charge in [-0.2, -0.15) is 0 Å². The van der Waals surface area contributed by atoms with Gasteiger partial charge in [0.05, 0.1) is 0 Å². The molecule has 25 heavy (non-hydrogen) atoms. The van der Waals surface area contributed by atoms with Crippen molar-refractivity contribution in [3.63, 3.8) is 0 Å². The van der Waals surface area contributed by atoms with Crippen molar-refractivity contribution in [3.05, 3.63) is 30.2 Å². The van der Waals surface area contributed by atoms with Crippen LogP contribution in [0.2, 0.25) is 0 Å². The molecule has 132 valence electrons. The summed E-state index contributed by atoms with van der Waals surface area (Å²) in [4.78, 5) is 7.52. The Morgan fingerprint density at radius 1 is 1.52 bits per heavy atom. The fourth-order valence-corrected chi connectivity index (χ4v) is 5.44. The Morgan fingerprint density at radius 2 is 2.32 bits per heavy atom. The number of H-pyrrole nitrogens is 1. The topological polar surface area (TPSA) is 90.0 Å². The molecule has 0 amide bonds. The zero-order chi connectivity index (χ0) is 17.6. The van der Waals surface area contributed by atoms with E-state index in [-0.39, 0.29) is 6.04 Å². The van der Waals surface area contributed by atoms with Gasteiger partial charge in [0.15, 0.2) is 0 Å². The van der Waals surface area contributed by atoms with E-state index in [1.165, 1.54) is 5.57 Å². The molecule has 2 aromatic heterocycles. The molecule has 0 aromatic carbocycles. The zero-order valence-electron chi connectivity index (χ0n) is 14.3. The minimum atomic E-state index is -2.18. The second kappa shape index (κ2) is 6.19. The first-order valence-corrected chi connectivity index (χ1v) is 10.6. The summed E-state index contributed by atoms with van der Waals surface area (Å²) in [7, 11) is -2.91.